The van der Waals surface area contributed by atoms with Crippen molar-refractivity contribution in [2.45, 2.75) is 13.8 Å². The Morgan fingerprint density at radius 1 is 1.25 bits per heavy atom. The topological polar surface area (TPSA) is 17.1 Å². The molecule has 0 heterocycles. The largest absolute Gasteiger partial charge is 0.294 e. The van der Waals surface area contributed by atoms with Crippen molar-refractivity contribution in [3.05, 3.63) is 43.4 Å². The number of hydrogen-bond donors (Lipinski definition) is 0. The zero-order chi connectivity index (χ0) is 11.9. The van der Waals surface area contributed by atoms with Gasteiger partial charge < -0.3 is 0 Å². The molecular formula is C13H10BrIO. The maximum Gasteiger partial charge on any atom is 0.161 e. The van der Waals surface area contributed by atoms with Crippen LogP contribution in [0, 0.1) is 10.5 Å². The number of carbonyl (C=O) groups is 1. The second-order valence-corrected chi connectivity index (χ2v) is 5.60. The molecule has 0 spiro atoms. The molecule has 16 heavy (non-hydrogen) atoms. The van der Waals surface area contributed by atoms with Crippen LogP contribution >= 0.6 is 38.5 Å². The van der Waals surface area contributed by atoms with Gasteiger partial charge in [0.25, 0.3) is 0 Å². The van der Waals surface area contributed by atoms with Gasteiger partial charge in [-0.3, -0.25) is 4.79 Å². The summed E-state index contributed by atoms with van der Waals surface area (Å²) in [5.41, 5.74) is 1.85. The van der Waals surface area contributed by atoms with Crippen LogP contribution in [0.5, 0.6) is 0 Å². The molecule has 0 atom stereocenters. The Morgan fingerprint density at radius 3 is 2.38 bits per heavy atom. The van der Waals surface area contributed by atoms with E-state index in [-0.39, 0.29) is 5.78 Å². The van der Waals surface area contributed by atoms with Crippen molar-refractivity contribution in [3.8, 4) is 0 Å². The summed E-state index contributed by atoms with van der Waals surface area (Å²) < 4.78 is 2.06. The minimum Gasteiger partial charge on any atom is -0.294 e. The highest BCUT2D eigenvalue weighted by atomic mass is 127. The first kappa shape index (κ1) is 12.0. The van der Waals surface area contributed by atoms with Crippen molar-refractivity contribution < 1.29 is 4.79 Å². The molecule has 0 N–H and O–H groups in total. The highest BCUT2D eigenvalue weighted by Gasteiger charge is 2.16. The molecule has 0 fully saturated rings. The SMILES string of the molecule is CC(=O)c1c(C)c(I)c2ccccc2c1Br. The van der Waals surface area contributed by atoms with Gasteiger partial charge in [0, 0.05) is 13.6 Å². The summed E-state index contributed by atoms with van der Waals surface area (Å²) in [5, 5.41) is 2.29. The molecule has 0 amide bonds. The van der Waals surface area contributed by atoms with E-state index in [9.17, 15) is 4.79 Å². The zero-order valence-corrected chi connectivity index (χ0v) is 12.7. The Kier molecular flexibility index (Phi) is 3.35. The quantitative estimate of drug-likeness (QED) is 0.510. The van der Waals surface area contributed by atoms with E-state index in [1.165, 1.54) is 5.39 Å². The Morgan fingerprint density at radius 2 is 1.81 bits per heavy atom. The van der Waals surface area contributed by atoms with Crippen LogP contribution in [0.1, 0.15) is 22.8 Å². The number of benzene rings is 2. The Bertz CT molecular complexity index is 590. The van der Waals surface area contributed by atoms with E-state index in [1.807, 2.05) is 25.1 Å². The molecule has 82 valence electrons. The summed E-state index contributed by atoms with van der Waals surface area (Å²) >= 11 is 5.85. The fourth-order valence-corrected chi connectivity index (χ4v) is 3.56. The van der Waals surface area contributed by atoms with E-state index in [0.717, 1.165) is 24.6 Å². The number of carbonyl (C=O) groups excluding carboxylic acids is 1. The lowest BCUT2D eigenvalue weighted by Crippen LogP contribution is -2.01. The van der Waals surface area contributed by atoms with Crippen LogP contribution in [0.4, 0.5) is 0 Å². The van der Waals surface area contributed by atoms with Gasteiger partial charge in [-0.05, 0) is 68.7 Å². The summed E-state index contributed by atoms with van der Waals surface area (Å²) in [4.78, 5) is 11.6. The van der Waals surface area contributed by atoms with Gasteiger partial charge in [0.1, 0.15) is 0 Å². The van der Waals surface area contributed by atoms with Crippen LogP contribution in [-0.2, 0) is 0 Å². The smallest absolute Gasteiger partial charge is 0.161 e. The third-order valence-electron chi connectivity index (χ3n) is 2.68. The van der Waals surface area contributed by atoms with Crippen molar-refractivity contribution in [1.29, 1.82) is 0 Å². The van der Waals surface area contributed by atoms with Gasteiger partial charge in [0.2, 0.25) is 0 Å². The maximum absolute atomic E-state index is 11.6. The van der Waals surface area contributed by atoms with Crippen molar-refractivity contribution in [2.75, 3.05) is 0 Å². The number of Topliss-reactive ketones (excluding diaryl/α,β-unsaturated/α-hetero) is 1. The summed E-state index contributed by atoms with van der Waals surface area (Å²) in [6, 6.07) is 8.12. The van der Waals surface area contributed by atoms with Gasteiger partial charge in [-0.1, -0.05) is 24.3 Å². The first-order chi connectivity index (χ1) is 7.54. The Balaban J connectivity index is 3.00. The third-order valence-corrected chi connectivity index (χ3v) is 4.89. The molecule has 2 aromatic rings. The second kappa shape index (κ2) is 4.45. The monoisotopic (exact) mass is 388 g/mol. The van der Waals surface area contributed by atoms with Gasteiger partial charge in [-0.2, -0.15) is 0 Å². The van der Waals surface area contributed by atoms with Crippen LogP contribution in [0.3, 0.4) is 0 Å². The molecule has 2 rings (SSSR count). The summed E-state index contributed by atoms with van der Waals surface area (Å²) in [5.74, 6) is 0.105. The highest BCUT2D eigenvalue weighted by molar-refractivity contribution is 14.1. The lowest BCUT2D eigenvalue weighted by Gasteiger charge is -2.12. The van der Waals surface area contributed by atoms with Crippen LogP contribution < -0.4 is 0 Å². The molecule has 0 aliphatic carbocycles. The van der Waals surface area contributed by atoms with Gasteiger partial charge in [-0.25, -0.2) is 0 Å². The van der Waals surface area contributed by atoms with E-state index in [0.29, 0.717) is 0 Å². The molecule has 1 nitrogen and oxygen atoms in total. The van der Waals surface area contributed by atoms with E-state index >= 15 is 0 Å². The molecule has 0 saturated heterocycles. The van der Waals surface area contributed by atoms with Crippen LogP contribution in [0.2, 0.25) is 0 Å². The van der Waals surface area contributed by atoms with Crippen LogP contribution in [0.25, 0.3) is 10.8 Å². The van der Waals surface area contributed by atoms with Crippen molar-refractivity contribution in [1.82, 2.24) is 0 Å². The lowest BCUT2D eigenvalue weighted by molar-refractivity contribution is 0.101. The fraction of sp³-hybridized carbons (Fsp3) is 0.154. The van der Waals surface area contributed by atoms with Gasteiger partial charge >= 0.3 is 0 Å². The number of ketones is 1. The van der Waals surface area contributed by atoms with Crippen LogP contribution in [-0.4, -0.2) is 5.78 Å². The van der Waals surface area contributed by atoms with E-state index in [1.54, 1.807) is 6.92 Å². The minimum atomic E-state index is 0.105. The van der Waals surface area contributed by atoms with Crippen molar-refractivity contribution in [2.24, 2.45) is 0 Å². The first-order valence-electron chi connectivity index (χ1n) is 4.91. The number of rotatable bonds is 1. The average Bonchev–Trinajstić information content (AvgIpc) is 2.26. The van der Waals surface area contributed by atoms with Gasteiger partial charge in [0.15, 0.2) is 5.78 Å². The molecular weight excluding hydrogens is 379 g/mol. The lowest BCUT2D eigenvalue weighted by atomic mass is 9.99. The normalized spacial score (nSPS) is 10.8. The van der Waals surface area contributed by atoms with Crippen molar-refractivity contribution in [3.63, 3.8) is 0 Å². The van der Waals surface area contributed by atoms with Crippen LogP contribution in [0.15, 0.2) is 28.7 Å². The Hall–Kier alpha value is -0.420. The second-order valence-electron chi connectivity index (χ2n) is 3.73. The molecule has 3 heteroatoms. The summed E-state index contributed by atoms with van der Waals surface area (Å²) in [6.45, 7) is 3.60. The molecule has 0 saturated carbocycles. The molecule has 0 radical (unpaired) electrons. The maximum atomic E-state index is 11.6. The van der Waals surface area contributed by atoms with E-state index in [2.05, 4.69) is 44.6 Å². The van der Waals surface area contributed by atoms with E-state index < -0.39 is 0 Å². The highest BCUT2D eigenvalue weighted by Crippen LogP contribution is 2.34. The minimum absolute atomic E-state index is 0.105. The zero-order valence-electron chi connectivity index (χ0n) is 8.97. The molecule has 0 bridgehead atoms. The van der Waals surface area contributed by atoms with Gasteiger partial charge in [0.05, 0.1) is 0 Å². The van der Waals surface area contributed by atoms with Crippen molar-refractivity contribution >= 4 is 55.1 Å². The predicted molar refractivity (Wildman–Crippen MR) is 79.1 cm³/mol. The molecule has 0 unspecified atom stereocenters. The Labute approximate surface area is 116 Å². The number of halogens is 2. The molecule has 0 aromatic heterocycles. The number of hydrogen-bond acceptors (Lipinski definition) is 1. The molecule has 0 aliphatic heterocycles. The number of fused-ring (bicyclic) bond motifs is 1. The third kappa shape index (κ3) is 1.80. The first-order valence-corrected chi connectivity index (χ1v) is 6.78. The van der Waals surface area contributed by atoms with Gasteiger partial charge in [-0.15, -0.1) is 0 Å². The predicted octanol–water partition coefficient (Wildman–Crippen LogP) is 4.72. The summed E-state index contributed by atoms with van der Waals surface area (Å²) in [6.07, 6.45) is 0. The van der Waals surface area contributed by atoms with E-state index in [4.69, 9.17) is 0 Å². The molecule has 0 aliphatic rings. The summed E-state index contributed by atoms with van der Waals surface area (Å²) in [7, 11) is 0. The fourth-order valence-electron chi connectivity index (χ4n) is 1.90. The molecule has 2 aromatic carbocycles. The standard InChI is InChI=1S/C13H10BrIO/c1-7-11(8(2)16)12(14)9-5-3-4-6-10(9)13(7)15/h3-6H,1-2H3. The average molecular weight is 389 g/mol.